The predicted octanol–water partition coefficient (Wildman–Crippen LogP) is 3.63. The molecule has 0 aliphatic carbocycles. The molecule has 0 spiro atoms. The van der Waals surface area contributed by atoms with Crippen LogP contribution in [-0.2, 0) is 22.6 Å². The molecule has 0 radical (unpaired) electrons. The van der Waals surface area contributed by atoms with Crippen molar-refractivity contribution in [2.24, 2.45) is 0 Å². The third-order valence-electron chi connectivity index (χ3n) is 4.11. The summed E-state index contributed by atoms with van der Waals surface area (Å²) in [7, 11) is 1.74. The highest BCUT2D eigenvalue weighted by atomic mass is 16.5. The van der Waals surface area contributed by atoms with E-state index in [0.717, 1.165) is 22.6 Å². The van der Waals surface area contributed by atoms with Gasteiger partial charge in [-0.25, -0.2) is 0 Å². The zero-order valence-corrected chi connectivity index (χ0v) is 15.6. The Labute approximate surface area is 155 Å². The van der Waals surface area contributed by atoms with Crippen molar-refractivity contribution in [2.75, 3.05) is 19.0 Å². The van der Waals surface area contributed by atoms with Crippen molar-refractivity contribution < 1.29 is 14.3 Å². The molecule has 2 aromatic rings. The van der Waals surface area contributed by atoms with Crippen molar-refractivity contribution in [1.29, 1.82) is 0 Å². The number of nitrogens with one attached hydrogen (secondary N) is 1. The molecule has 0 aliphatic rings. The van der Waals surface area contributed by atoms with Crippen LogP contribution >= 0.6 is 0 Å². The summed E-state index contributed by atoms with van der Waals surface area (Å²) in [6.07, 6.45) is 1.05. The first-order valence-electron chi connectivity index (χ1n) is 8.80. The van der Waals surface area contributed by atoms with E-state index in [9.17, 15) is 9.59 Å². The van der Waals surface area contributed by atoms with Crippen LogP contribution in [0.5, 0.6) is 5.75 Å². The molecule has 1 N–H and O–H groups in total. The van der Waals surface area contributed by atoms with E-state index in [1.807, 2.05) is 55.5 Å². The number of aryl methyl sites for hydroxylation is 1. The Bertz CT molecular complexity index is 741. The van der Waals surface area contributed by atoms with Gasteiger partial charge in [0.15, 0.2) is 0 Å². The molecule has 0 aromatic heterocycles. The van der Waals surface area contributed by atoms with Gasteiger partial charge in [-0.15, -0.1) is 0 Å². The van der Waals surface area contributed by atoms with E-state index in [4.69, 9.17) is 4.74 Å². The summed E-state index contributed by atoms with van der Waals surface area (Å²) in [5, 5.41) is 2.96. The van der Waals surface area contributed by atoms with Gasteiger partial charge in [0.1, 0.15) is 5.75 Å². The number of nitrogens with zero attached hydrogens (tertiary/aromatic N) is 1. The van der Waals surface area contributed by atoms with Gasteiger partial charge in [-0.05, 0) is 42.7 Å². The smallest absolute Gasteiger partial charge is 0.224 e. The number of anilines is 1. The van der Waals surface area contributed by atoms with E-state index in [1.165, 1.54) is 6.92 Å². The topological polar surface area (TPSA) is 58.6 Å². The molecular weight excluding hydrogens is 328 g/mol. The first-order chi connectivity index (χ1) is 12.5. The monoisotopic (exact) mass is 354 g/mol. The van der Waals surface area contributed by atoms with Gasteiger partial charge in [-0.1, -0.05) is 30.3 Å². The largest absolute Gasteiger partial charge is 0.494 e. The second kappa shape index (κ2) is 9.61. The molecule has 0 unspecified atom stereocenters. The van der Waals surface area contributed by atoms with Crippen LogP contribution < -0.4 is 10.1 Å². The SMILES string of the molecule is CCOc1ccc(CCC(=O)Nc2ccccc2CN(C)C(C)=O)cc1. The van der Waals surface area contributed by atoms with E-state index < -0.39 is 0 Å². The lowest BCUT2D eigenvalue weighted by atomic mass is 10.1. The predicted molar refractivity (Wildman–Crippen MR) is 103 cm³/mol. The van der Waals surface area contributed by atoms with Crippen LogP contribution in [0.1, 0.15) is 31.4 Å². The maximum atomic E-state index is 12.3. The molecule has 0 bridgehead atoms. The molecule has 138 valence electrons. The van der Waals surface area contributed by atoms with Gasteiger partial charge in [0.25, 0.3) is 0 Å². The molecule has 0 saturated carbocycles. The van der Waals surface area contributed by atoms with E-state index in [-0.39, 0.29) is 11.8 Å². The van der Waals surface area contributed by atoms with Crippen molar-refractivity contribution in [3.8, 4) is 5.75 Å². The number of benzene rings is 2. The molecule has 2 aromatic carbocycles. The Hall–Kier alpha value is -2.82. The van der Waals surface area contributed by atoms with Gasteiger partial charge < -0.3 is 15.0 Å². The number of rotatable bonds is 8. The lowest BCUT2D eigenvalue weighted by molar-refractivity contribution is -0.128. The summed E-state index contributed by atoms with van der Waals surface area (Å²) >= 11 is 0. The van der Waals surface area contributed by atoms with Crippen molar-refractivity contribution >= 4 is 17.5 Å². The Balaban J connectivity index is 1.92. The van der Waals surface area contributed by atoms with E-state index in [2.05, 4.69) is 5.32 Å². The Kier molecular flexibility index (Phi) is 7.21. The minimum absolute atomic E-state index is 0.0124. The second-order valence-corrected chi connectivity index (χ2v) is 6.16. The van der Waals surface area contributed by atoms with Gasteiger partial charge >= 0.3 is 0 Å². The lowest BCUT2D eigenvalue weighted by Gasteiger charge is -2.18. The molecule has 0 heterocycles. The zero-order chi connectivity index (χ0) is 18.9. The first kappa shape index (κ1) is 19.5. The molecule has 2 rings (SSSR count). The highest BCUT2D eigenvalue weighted by molar-refractivity contribution is 5.91. The average Bonchev–Trinajstić information content (AvgIpc) is 2.63. The van der Waals surface area contributed by atoms with Crippen LogP contribution in [0.15, 0.2) is 48.5 Å². The number of ether oxygens (including phenoxy) is 1. The standard InChI is InChI=1S/C21H26N2O3/c1-4-26-19-12-9-17(10-13-19)11-14-21(25)22-20-8-6-5-7-18(20)15-23(3)16(2)24/h5-10,12-13H,4,11,14-15H2,1-3H3,(H,22,25). The Morgan fingerprint density at radius 2 is 1.77 bits per heavy atom. The van der Waals surface area contributed by atoms with Crippen LogP contribution in [0.4, 0.5) is 5.69 Å². The quantitative estimate of drug-likeness (QED) is 0.787. The van der Waals surface area contributed by atoms with Crippen LogP contribution in [0.2, 0.25) is 0 Å². The minimum Gasteiger partial charge on any atom is -0.494 e. The number of amides is 2. The van der Waals surface area contributed by atoms with Gasteiger partial charge in [0.05, 0.1) is 6.61 Å². The summed E-state index contributed by atoms with van der Waals surface area (Å²) < 4.78 is 5.42. The van der Waals surface area contributed by atoms with Crippen molar-refractivity contribution in [1.82, 2.24) is 4.90 Å². The number of para-hydroxylation sites is 1. The summed E-state index contributed by atoms with van der Waals surface area (Å²) in [6.45, 7) is 4.58. The van der Waals surface area contributed by atoms with Crippen molar-refractivity contribution in [3.63, 3.8) is 0 Å². The van der Waals surface area contributed by atoms with E-state index in [1.54, 1.807) is 11.9 Å². The number of hydrogen-bond donors (Lipinski definition) is 1. The molecule has 2 amide bonds. The van der Waals surface area contributed by atoms with E-state index >= 15 is 0 Å². The summed E-state index contributed by atoms with van der Waals surface area (Å²) in [4.78, 5) is 25.4. The molecule has 0 fully saturated rings. The molecule has 26 heavy (non-hydrogen) atoms. The van der Waals surface area contributed by atoms with Crippen molar-refractivity contribution in [2.45, 2.75) is 33.2 Å². The number of carbonyl (C=O) groups is 2. The van der Waals surface area contributed by atoms with Crippen LogP contribution in [0, 0.1) is 0 Å². The normalized spacial score (nSPS) is 10.3. The highest BCUT2D eigenvalue weighted by Crippen LogP contribution is 2.18. The van der Waals surface area contributed by atoms with Gasteiger partial charge in [-0.3, -0.25) is 9.59 Å². The van der Waals surface area contributed by atoms with Crippen LogP contribution in [-0.4, -0.2) is 30.4 Å². The molecule has 0 atom stereocenters. The fourth-order valence-corrected chi connectivity index (χ4v) is 2.54. The maximum absolute atomic E-state index is 12.3. The Morgan fingerprint density at radius 1 is 1.08 bits per heavy atom. The molecule has 5 nitrogen and oxygen atoms in total. The molecule has 5 heteroatoms. The summed E-state index contributed by atoms with van der Waals surface area (Å²) in [5.74, 6) is 0.780. The van der Waals surface area contributed by atoms with Gasteiger partial charge in [0.2, 0.25) is 11.8 Å². The third kappa shape index (κ3) is 5.92. The number of hydrogen-bond acceptors (Lipinski definition) is 3. The third-order valence-corrected chi connectivity index (χ3v) is 4.11. The zero-order valence-electron chi connectivity index (χ0n) is 15.6. The van der Waals surface area contributed by atoms with Crippen LogP contribution in [0.25, 0.3) is 0 Å². The second-order valence-electron chi connectivity index (χ2n) is 6.16. The number of carbonyl (C=O) groups excluding carboxylic acids is 2. The van der Waals surface area contributed by atoms with Crippen LogP contribution in [0.3, 0.4) is 0 Å². The van der Waals surface area contributed by atoms with Gasteiger partial charge in [-0.2, -0.15) is 0 Å². The maximum Gasteiger partial charge on any atom is 0.224 e. The lowest BCUT2D eigenvalue weighted by Crippen LogP contribution is -2.24. The molecular formula is C21H26N2O3. The van der Waals surface area contributed by atoms with E-state index in [0.29, 0.717) is 26.0 Å². The fraction of sp³-hybridized carbons (Fsp3) is 0.333. The molecule has 0 aliphatic heterocycles. The highest BCUT2D eigenvalue weighted by Gasteiger charge is 2.10. The first-order valence-corrected chi connectivity index (χ1v) is 8.80. The van der Waals surface area contributed by atoms with Gasteiger partial charge in [0, 0.05) is 32.6 Å². The minimum atomic E-state index is -0.0446. The average molecular weight is 354 g/mol. The summed E-state index contributed by atoms with van der Waals surface area (Å²) in [6, 6.07) is 15.4. The van der Waals surface area contributed by atoms with Crippen molar-refractivity contribution in [3.05, 3.63) is 59.7 Å². The summed E-state index contributed by atoms with van der Waals surface area (Å²) in [5.41, 5.74) is 2.75. The fourth-order valence-electron chi connectivity index (χ4n) is 2.54. The molecule has 0 saturated heterocycles. The Morgan fingerprint density at radius 3 is 2.42 bits per heavy atom.